The van der Waals surface area contributed by atoms with Crippen LogP contribution in [0, 0.1) is 20.8 Å². The Labute approximate surface area is 155 Å². The third kappa shape index (κ3) is 4.75. The first-order chi connectivity index (χ1) is 11.6. The summed E-state index contributed by atoms with van der Waals surface area (Å²) >= 11 is 3.42. The highest BCUT2D eigenvalue weighted by Gasteiger charge is 2.39. The molecule has 0 aliphatic heterocycles. The van der Waals surface area contributed by atoms with Crippen LogP contribution in [0.3, 0.4) is 0 Å². The van der Waals surface area contributed by atoms with Crippen LogP contribution in [0.2, 0.25) is 0 Å². The molecular weight excluding hydrogens is 389 g/mol. The Morgan fingerprint density at radius 3 is 2.28 bits per heavy atom. The van der Waals surface area contributed by atoms with Crippen molar-refractivity contribution in [3.8, 4) is 0 Å². The molecule has 0 fully saturated rings. The molecule has 2 rings (SSSR count). The van der Waals surface area contributed by atoms with Crippen molar-refractivity contribution in [2.75, 3.05) is 0 Å². The third-order valence-electron chi connectivity index (χ3n) is 4.57. The number of rotatable bonds is 4. The second-order valence-electron chi connectivity index (χ2n) is 6.36. The van der Waals surface area contributed by atoms with E-state index in [1.807, 2.05) is 45.9 Å². The van der Waals surface area contributed by atoms with E-state index in [0.29, 0.717) is 5.56 Å². The average Bonchev–Trinajstić information content (AvgIpc) is 2.52. The first-order valence-corrected chi connectivity index (χ1v) is 9.04. The molecule has 0 radical (unpaired) electrons. The molecule has 1 unspecified atom stereocenters. The predicted octanol–water partition coefficient (Wildman–Crippen LogP) is 7.30. The molecule has 0 saturated carbocycles. The van der Waals surface area contributed by atoms with Crippen LogP contribution in [-0.4, -0.2) is 6.18 Å². The van der Waals surface area contributed by atoms with E-state index < -0.39 is 12.1 Å². The first-order valence-electron chi connectivity index (χ1n) is 8.24. The SMILES string of the molecule is CCc1cc(C(/C=C/c2ccc(C)c(Br)c2)C(F)(F)F)cc(C)c1C. The maximum Gasteiger partial charge on any atom is 0.399 e. The summed E-state index contributed by atoms with van der Waals surface area (Å²) in [7, 11) is 0. The minimum absolute atomic E-state index is 0.301. The molecule has 0 saturated heterocycles. The molecule has 134 valence electrons. The van der Waals surface area contributed by atoms with Crippen LogP contribution in [-0.2, 0) is 6.42 Å². The molecule has 4 heteroatoms. The zero-order chi connectivity index (χ0) is 18.8. The summed E-state index contributed by atoms with van der Waals surface area (Å²) in [5, 5.41) is 0. The van der Waals surface area contributed by atoms with Crippen LogP contribution in [0.5, 0.6) is 0 Å². The number of aryl methyl sites for hydroxylation is 3. The Kier molecular flexibility index (Phi) is 6.15. The molecule has 0 aliphatic carbocycles. The summed E-state index contributed by atoms with van der Waals surface area (Å²) in [5.74, 6) is -1.61. The normalized spacial score (nSPS) is 13.4. The summed E-state index contributed by atoms with van der Waals surface area (Å²) in [6, 6.07) is 8.88. The van der Waals surface area contributed by atoms with E-state index in [-0.39, 0.29) is 0 Å². The Morgan fingerprint density at radius 2 is 1.72 bits per heavy atom. The van der Waals surface area contributed by atoms with Crippen LogP contribution in [0.25, 0.3) is 6.08 Å². The molecule has 0 N–H and O–H groups in total. The molecule has 0 heterocycles. The monoisotopic (exact) mass is 410 g/mol. The molecule has 0 amide bonds. The van der Waals surface area contributed by atoms with Gasteiger partial charge < -0.3 is 0 Å². The maximum absolute atomic E-state index is 13.7. The lowest BCUT2D eigenvalue weighted by Crippen LogP contribution is -2.19. The summed E-state index contributed by atoms with van der Waals surface area (Å²) in [4.78, 5) is 0. The first kappa shape index (κ1) is 19.8. The van der Waals surface area contributed by atoms with Gasteiger partial charge in [0, 0.05) is 4.47 Å². The Bertz CT molecular complexity index is 788. The van der Waals surface area contributed by atoms with Crippen LogP contribution in [0.1, 0.15) is 46.2 Å². The van der Waals surface area contributed by atoms with Crippen LogP contribution >= 0.6 is 15.9 Å². The molecular formula is C21H22BrF3. The maximum atomic E-state index is 13.7. The van der Waals surface area contributed by atoms with Gasteiger partial charge in [0.2, 0.25) is 0 Å². The van der Waals surface area contributed by atoms with Gasteiger partial charge in [-0.15, -0.1) is 0 Å². The lowest BCUT2D eigenvalue weighted by atomic mass is 9.90. The van der Waals surface area contributed by atoms with Crippen LogP contribution in [0.15, 0.2) is 40.9 Å². The van der Waals surface area contributed by atoms with E-state index >= 15 is 0 Å². The van der Waals surface area contributed by atoms with Crippen molar-refractivity contribution in [2.24, 2.45) is 0 Å². The number of alkyl halides is 3. The van der Waals surface area contributed by atoms with E-state index in [2.05, 4.69) is 15.9 Å². The fourth-order valence-corrected chi connectivity index (χ4v) is 3.24. The largest absolute Gasteiger partial charge is 0.399 e. The molecule has 0 bridgehead atoms. The Balaban J connectivity index is 2.45. The number of hydrogen-bond acceptors (Lipinski definition) is 0. The van der Waals surface area contributed by atoms with E-state index in [1.54, 1.807) is 18.2 Å². The summed E-state index contributed by atoms with van der Waals surface area (Å²) in [6.45, 7) is 7.73. The molecule has 0 aliphatic rings. The van der Waals surface area contributed by atoms with Crippen molar-refractivity contribution in [3.05, 3.63) is 74.3 Å². The lowest BCUT2D eigenvalue weighted by molar-refractivity contribution is -0.139. The molecule has 1 atom stereocenters. The highest BCUT2D eigenvalue weighted by Crippen LogP contribution is 2.38. The standard InChI is InChI=1S/C21H22BrF3/c1-5-17-12-18(10-14(3)15(17)4)19(21(23,24)25)9-8-16-7-6-13(2)20(22)11-16/h6-12,19H,5H2,1-4H3/b9-8+. The van der Waals surface area contributed by atoms with Gasteiger partial charge in [0.15, 0.2) is 0 Å². The smallest absolute Gasteiger partial charge is 0.170 e. The van der Waals surface area contributed by atoms with Crippen molar-refractivity contribution in [1.29, 1.82) is 0 Å². The van der Waals surface area contributed by atoms with Crippen molar-refractivity contribution in [2.45, 2.75) is 46.2 Å². The van der Waals surface area contributed by atoms with Crippen molar-refractivity contribution < 1.29 is 13.2 Å². The second-order valence-corrected chi connectivity index (χ2v) is 7.22. The summed E-state index contributed by atoms with van der Waals surface area (Å²) in [5.41, 5.74) is 5.02. The van der Waals surface area contributed by atoms with E-state index in [1.165, 1.54) is 6.08 Å². The van der Waals surface area contributed by atoms with E-state index in [9.17, 15) is 13.2 Å². The minimum Gasteiger partial charge on any atom is -0.170 e. The van der Waals surface area contributed by atoms with Gasteiger partial charge in [-0.1, -0.05) is 59.3 Å². The Morgan fingerprint density at radius 1 is 1.04 bits per heavy atom. The molecule has 0 aromatic heterocycles. The van der Waals surface area contributed by atoms with Gasteiger partial charge in [-0.3, -0.25) is 0 Å². The van der Waals surface area contributed by atoms with E-state index in [0.717, 1.165) is 38.7 Å². The highest BCUT2D eigenvalue weighted by atomic mass is 79.9. The summed E-state index contributed by atoms with van der Waals surface area (Å²) < 4.78 is 41.9. The zero-order valence-electron chi connectivity index (χ0n) is 14.8. The zero-order valence-corrected chi connectivity index (χ0v) is 16.4. The fraction of sp³-hybridized carbons (Fsp3) is 0.333. The Hall–Kier alpha value is -1.55. The quantitative estimate of drug-likeness (QED) is 0.495. The average molecular weight is 411 g/mol. The van der Waals surface area contributed by atoms with Crippen LogP contribution < -0.4 is 0 Å². The topological polar surface area (TPSA) is 0 Å². The van der Waals surface area contributed by atoms with Crippen molar-refractivity contribution in [1.82, 2.24) is 0 Å². The second kappa shape index (κ2) is 7.77. The lowest BCUT2D eigenvalue weighted by Gasteiger charge is -2.20. The van der Waals surface area contributed by atoms with Crippen molar-refractivity contribution >= 4 is 22.0 Å². The van der Waals surface area contributed by atoms with Gasteiger partial charge in [0.05, 0.1) is 5.92 Å². The third-order valence-corrected chi connectivity index (χ3v) is 5.42. The molecule has 2 aromatic rings. The predicted molar refractivity (Wildman–Crippen MR) is 102 cm³/mol. The van der Waals surface area contributed by atoms with Gasteiger partial charge in [-0.25, -0.2) is 0 Å². The fourth-order valence-electron chi connectivity index (χ4n) is 2.84. The van der Waals surface area contributed by atoms with Gasteiger partial charge in [-0.05, 0) is 66.6 Å². The molecule has 25 heavy (non-hydrogen) atoms. The molecule has 0 spiro atoms. The minimum atomic E-state index is -4.33. The van der Waals surface area contributed by atoms with Gasteiger partial charge in [0.25, 0.3) is 0 Å². The van der Waals surface area contributed by atoms with Gasteiger partial charge in [-0.2, -0.15) is 13.2 Å². The van der Waals surface area contributed by atoms with Gasteiger partial charge >= 0.3 is 6.18 Å². The van der Waals surface area contributed by atoms with Crippen LogP contribution in [0.4, 0.5) is 13.2 Å². The number of halogens is 4. The molecule has 0 nitrogen and oxygen atoms in total. The number of hydrogen-bond donors (Lipinski definition) is 0. The van der Waals surface area contributed by atoms with E-state index in [4.69, 9.17) is 0 Å². The highest BCUT2D eigenvalue weighted by molar-refractivity contribution is 9.10. The number of benzene rings is 2. The van der Waals surface area contributed by atoms with Gasteiger partial charge in [0.1, 0.15) is 0 Å². The van der Waals surface area contributed by atoms with Crippen molar-refractivity contribution in [3.63, 3.8) is 0 Å². The summed E-state index contributed by atoms with van der Waals surface area (Å²) in [6.07, 6.45) is -0.811. The molecule has 2 aromatic carbocycles. The number of allylic oxidation sites excluding steroid dienone is 1.